The van der Waals surface area contributed by atoms with Crippen LogP contribution in [0.2, 0.25) is 0 Å². The fourth-order valence-electron chi connectivity index (χ4n) is 3.06. The summed E-state index contributed by atoms with van der Waals surface area (Å²) in [7, 11) is 0. The summed E-state index contributed by atoms with van der Waals surface area (Å²) in [4.78, 5) is 49.3. The van der Waals surface area contributed by atoms with Crippen molar-refractivity contribution < 1.29 is 23.9 Å². The van der Waals surface area contributed by atoms with Gasteiger partial charge in [-0.05, 0) is 37.6 Å². The van der Waals surface area contributed by atoms with Gasteiger partial charge in [-0.25, -0.2) is 4.79 Å². The minimum atomic E-state index is -0.686. The highest BCUT2D eigenvalue weighted by molar-refractivity contribution is 6.20. The summed E-state index contributed by atoms with van der Waals surface area (Å²) in [5.74, 6) is -1.57. The van der Waals surface area contributed by atoms with Crippen LogP contribution in [0.15, 0.2) is 42.5 Å². The van der Waals surface area contributed by atoms with E-state index in [9.17, 15) is 19.2 Å². The second-order valence-electron chi connectivity index (χ2n) is 6.49. The Balaban J connectivity index is 1.69. The number of anilines is 1. The molecular weight excluding hydrogens is 346 g/mol. The van der Waals surface area contributed by atoms with Crippen molar-refractivity contribution >= 4 is 29.3 Å². The van der Waals surface area contributed by atoms with Gasteiger partial charge in [0.05, 0.1) is 11.3 Å². The molecule has 0 bridgehead atoms. The Kier molecular flexibility index (Phi) is 5.16. The average Bonchev–Trinajstić information content (AvgIpc) is 2.98. The molecule has 27 heavy (non-hydrogen) atoms. The molecule has 1 aliphatic rings. The second-order valence-corrected chi connectivity index (χ2v) is 6.49. The number of ether oxygens (including phenoxy) is 1. The van der Waals surface area contributed by atoms with Crippen molar-refractivity contribution in [1.82, 2.24) is 0 Å². The number of benzene rings is 2. The normalized spacial score (nSPS) is 13.8. The zero-order valence-electron chi connectivity index (χ0n) is 15.2. The molecule has 1 aliphatic heterocycles. The van der Waals surface area contributed by atoms with Crippen molar-refractivity contribution in [2.45, 2.75) is 26.7 Å². The molecule has 0 aliphatic carbocycles. The highest BCUT2D eigenvalue weighted by Crippen LogP contribution is 2.23. The lowest BCUT2D eigenvalue weighted by atomic mass is 10.0. The van der Waals surface area contributed by atoms with Crippen LogP contribution in [0.3, 0.4) is 0 Å². The number of Topliss-reactive ketones (excluding diaryl/α,β-unsaturated/α-hetero) is 1. The van der Waals surface area contributed by atoms with Crippen LogP contribution in [-0.4, -0.2) is 30.2 Å². The van der Waals surface area contributed by atoms with E-state index in [-0.39, 0.29) is 42.6 Å². The SMILES string of the molecule is Cc1ccc(C(=O)COC(=O)c2cccc(N3C(=O)CCC3=O)c2)c(C)c1. The number of nitrogens with zero attached hydrogens (tertiary/aromatic N) is 1. The van der Waals surface area contributed by atoms with Gasteiger partial charge in [-0.3, -0.25) is 19.3 Å². The zero-order valence-corrected chi connectivity index (χ0v) is 15.2. The summed E-state index contributed by atoms with van der Waals surface area (Å²) in [5, 5.41) is 0. The summed E-state index contributed by atoms with van der Waals surface area (Å²) in [5.41, 5.74) is 2.88. The quantitative estimate of drug-likeness (QED) is 0.462. The summed E-state index contributed by atoms with van der Waals surface area (Å²) in [6, 6.07) is 11.5. The molecule has 0 spiro atoms. The molecule has 2 aromatic carbocycles. The summed E-state index contributed by atoms with van der Waals surface area (Å²) in [6.07, 6.45) is 0.329. The fraction of sp³-hybridized carbons (Fsp3) is 0.238. The first kappa shape index (κ1) is 18.5. The molecule has 138 valence electrons. The van der Waals surface area contributed by atoms with Crippen LogP contribution in [0.4, 0.5) is 5.69 Å². The van der Waals surface area contributed by atoms with Crippen LogP contribution in [0.5, 0.6) is 0 Å². The number of carbonyl (C=O) groups excluding carboxylic acids is 4. The van der Waals surface area contributed by atoms with Gasteiger partial charge in [0.2, 0.25) is 17.6 Å². The first-order chi connectivity index (χ1) is 12.9. The van der Waals surface area contributed by atoms with E-state index >= 15 is 0 Å². The number of hydrogen-bond donors (Lipinski definition) is 0. The van der Waals surface area contributed by atoms with Crippen molar-refractivity contribution in [3.8, 4) is 0 Å². The smallest absolute Gasteiger partial charge is 0.338 e. The molecule has 0 radical (unpaired) electrons. The van der Waals surface area contributed by atoms with E-state index in [0.717, 1.165) is 16.0 Å². The molecule has 0 N–H and O–H groups in total. The lowest BCUT2D eigenvalue weighted by molar-refractivity contribution is -0.121. The van der Waals surface area contributed by atoms with E-state index in [1.165, 1.54) is 12.1 Å². The van der Waals surface area contributed by atoms with Crippen molar-refractivity contribution in [2.24, 2.45) is 0 Å². The third kappa shape index (κ3) is 3.95. The number of rotatable bonds is 5. The topological polar surface area (TPSA) is 80.8 Å². The Labute approximate surface area is 156 Å². The molecule has 0 saturated carbocycles. The standard InChI is InChI=1S/C21H19NO5/c1-13-6-7-17(14(2)10-13)18(23)12-27-21(26)15-4-3-5-16(11-15)22-19(24)8-9-20(22)25/h3-7,10-11H,8-9,12H2,1-2H3. The van der Waals surface area contributed by atoms with Gasteiger partial charge < -0.3 is 4.74 Å². The van der Waals surface area contributed by atoms with E-state index in [0.29, 0.717) is 11.3 Å². The van der Waals surface area contributed by atoms with Crippen molar-refractivity contribution in [2.75, 3.05) is 11.5 Å². The maximum absolute atomic E-state index is 12.3. The van der Waals surface area contributed by atoms with E-state index in [1.54, 1.807) is 18.2 Å². The molecule has 3 rings (SSSR count). The Bertz CT molecular complexity index is 931. The Morgan fingerprint density at radius 3 is 2.37 bits per heavy atom. The highest BCUT2D eigenvalue weighted by Gasteiger charge is 2.30. The number of hydrogen-bond acceptors (Lipinski definition) is 5. The van der Waals surface area contributed by atoms with Crippen LogP contribution in [-0.2, 0) is 14.3 Å². The van der Waals surface area contributed by atoms with Gasteiger partial charge in [-0.2, -0.15) is 0 Å². The average molecular weight is 365 g/mol. The van der Waals surface area contributed by atoms with Gasteiger partial charge in [-0.15, -0.1) is 0 Å². The molecule has 2 amide bonds. The van der Waals surface area contributed by atoms with Gasteiger partial charge in [-0.1, -0.05) is 29.8 Å². The van der Waals surface area contributed by atoms with Crippen LogP contribution in [0.25, 0.3) is 0 Å². The summed E-state index contributed by atoms with van der Waals surface area (Å²) >= 11 is 0. The monoisotopic (exact) mass is 365 g/mol. The Morgan fingerprint density at radius 2 is 1.70 bits per heavy atom. The first-order valence-corrected chi connectivity index (χ1v) is 8.60. The number of ketones is 1. The maximum Gasteiger partial charge on any atom is 0.338 e. The predicted molar refractivity (Wildman–Crippen MR) is 98.7 cm³/mol. The van der Waals surface area contributed by atoms with E-state index < -0.39 is 5.97 Å². The third-order valence-corrected chi connectivity index (χ3v) is 4.41. The van der Waals surface area contributed by atoms with E-state index in [4.69, 9.17) is 4.74 Å². The number of imide groups is 1. The zero-order chi connectivity index (χ0) is 19.6. The van der Waals surface area contributed by atoms with Crippen molar-refractivity contribution in [3.05, 3.63) is 64.7 Å². The third-order valence-electron chi connectivity index (χ3n) is 4.41. The predicted octanol–water partition coefficient (Wildman–Crippen LogP) is 3.00. The van der Waals surface area contributed by atoms with Gasteiger partial charge in [0, 0.05) is 18.4 Å². The Morgan fingerprint density at radius 1 is 1.00 bits per heavy atom. The molecule has 2 aromatic rings. The molecule has 1 heterocycles. The van der Waals surface area contributed by atoms with Gasteiger partial charge >= 0.3 is 5.97 Å². The van der Waals surface area contributed by atoms with Crippen LogP contribution >= 0.6 is 0 Å². The van der Waals surface area contributed by atoms with Gasteiger partial charge in [0.25, 0.3) is 0 Å². The molecule has 6 nitrogen and oxygen atoms in total. The van der Waals surface area contributed by atoms with Crippen molar-refractivity contribution in [3.63, 3.8) is 0 Å². The molecule has 0 unspecified atom stereocenters. The van der Waals surface area contributed by atoms with Gasteiger partial charge in [0.1, 0.15) is 0 Å². The molecule has 0 aromatic heterocycles. The van der Waals surface area contributed by atoms with Crippen LogP contribution in [0.1, 0.15) is 44.7 Å². The maximum atomic E-state index is 12.3. The van der Waals surface area contributed by atoms with Crippen LogP contribution < -0.4 is 4.90 Å². The first-order valence-electron chi connectivity index (χ1n) is 8.60. The summed E-state index contributed by atoms with van der Waals surface area (Å²) < 4.78 is 5.12. The number of amides is 2. The number of aryl methyl sites for hydroxylation is 2. The highest BCUT2D eigenvalue weighted by atomic mass is 16.5. The molecular formula is C21H19NO5. The lowest BCUT2D eigenvalue weighted by Gasteiger charge is -2.14. The fourth-order valence-corrected chi connectivity index (χ4v) is 3.06. The number of esters is 1. The largest absolute Gasteiger partial charge is 0.454 e. The van der Waals surface area contributed by atoms with E-state index in [2.05, 4.69) is 0 Å². The van der Waals surface area contributed by atoms with Gasteiger partial charge in [0.15, 0.2) is 6.61 Å². The van der Waals surface area contributed by atoms with E-state index in [1.807, 2.05) is 26.0 Å². The lowest BCUT2D eigenvalue weighted by Crippen LogP contribution is -2.28. The molecule has 1 saturated heterocycles. The summed E-state index contributed by atoms with van der Waals surface area (Å²) in [6.45, 7) is 3.38. The molecule has 6 heteroatoms. The second kappa shape index (κ2) is 7.53. The number of carbonyl (C=O) groups is 4. The Hall–Kier alpha value is -3.28. The minimum absolute atomic E-state index is 0.165. The van der Waals surface area contributed by atoms with Crippen molar-refractivity contribution in [1.29, 1.82) is 0 Å². The van der Waals surface area contributed by atoms with Crippen LogP contribution in [0, 0.1) is 13.8 Å². The minimum Gasteiger partial charge on any atom is -0.454 e. The molecule has 1 fully saturated rings. The molecule has 0 atom stereocenters.